The minimum Gasteiger partial charge on any atom is -0.493 e. The molecular weight excluding hydrogens is 366 g/mol. The number of carbonyl (C=O) groups excluding carboxylic acids is 1. The van der Waals surface area contributed by atoms with Crippen LogP contribution in [0.2, 0.25) is 0 Å². The lowest BCUT2D eigenvalue weighted by Crippen LogP contribution is -2.46. The van der Waals surface area contributed by atoms with Crippen LogP contribution in [0, 0.1) is 0 Å². The Bertz CT molecular complexity index is 813. The van der Waals surface area contributed by atoms with E-state index < -0.39 is 0 Å². The summed E-state index contributed by atoms with van der Waals surface area (Å²) in [6, 6.07) is 13.3. The Balaban J connectivity index is 1.63. The van der Waals surface area contributed by atoms with Gasteiger partial charge >= 0.3 is 0 Å². The van der Waals surface area contributed by atoms with Crippen LogP contribution in [-0.4, -0.2) is 56.7 Å². The zero-order valence-electron chi connectivity index (χ0n) is 17.8. The van der Waals surface area contributed by atoms with E-state index in [1.807, 2.05) is 26.0 Å². The summed E-state index contributed by atoms with van der Waals surface area (Å²) in [5.41, 5.74) is 2.49. The Labute approximate surface area is 173 Å². The zero-order valence-corrected chi connectivity index (χ0v) is 17.8. The largest absolute Gasteiger partial charge is 0.493 e. The molecule has 0 unspecified atom stereocenters. The molecule has 3 rings (SSSR count). The summed E-state index contributed by atoms with van der Waals surface area (Å²) in [5.74, 6) is 1.00. The molecular formula is C23H31N3O3. The third kappa shape index (κ3) is 5.41. The molecule has 0 aromatic heterocycles. The lowest BCUT2D eigenvalue weighted by Gasteiger charge is -2.35. The summed E-state index contributed by atoms with van der Waals surface area (Å²) in [7, 11) is 1.57. The van der Waals surface area contributed by atoms with Gasteiger partial charge in [0.2, 0.25) is 0 Å². The van der Waals surface area contributed by atoms with E-state index >= 15 is 0 Å². The fraction of sp³-hybridized carbons (Fsp3) is 0.435. The highest BCUT2D eigenvalue weighted by Crippen LogP contribution is 2.29. The molecule has 2 aromatic carbocycles. The molecule has 1 N–H and O–H groups in total. The first-order valence-electron chi connectivity index (χ1n) is 10.2. The van der Waals surface area contributed by atoms with Crippen LogP contribution in [0.3, 0.4) is 0 Å². The summed E-state index contributed by atoms with van der Waals surface area (Å²) in [4.78, 5) is 17.5. The summed E-state index contributed by atoms with van der Waals surface area (Å²) >= 11 is 0. The minimum absolute atomic E-state index is 0.0343. The number of hydrogen-bond donors (Lipinski definition) is 1. The van der Waals surface area contributed by atoms with Gasteiger partial charge in [0.15, 0.2) is 11.5 Å². The van der Waals surface area contributed by atoms with E-state index in [0.717, 1.165) is 38.4 Å². The van der Waals surface area contributed by atoms with Crippen molar-refractivity contribution in [2.75, 3.05) is 50.1 Å². The van der Waals surface area contributed by atoms with Crippen LogP contribution in [0.25, 0.3) is 0 Å². The predicted octanol–water partition coefficient (Wildman–Crippen LogP) is 3.88. The minimum atomic E-state index is -0.177. The van der Waals surface area contributed by atoms with Gasteiger partial charge in [0, 0.05) is 43.1 Å². The van der Waals surface area contributed by atoms with Crippen molar-refractivity contribution in [3.8, 4) is 11.5 Å². The number of anilines is 2. The summed E-state index contributed by atoms with van der Waals surface area (Å²) < 4.78 is 11.1. The van der Waals surface area contributed by atoms with Crippen molar-refractivity contribution in [3.63, 3.8) is 0 Å². The van der Waals surface area contributed by atoms with Crippen LogP contribution in [-0.2, 0) is 0 Å². The molecule has 2 aromatic rings. The van der Waals surface area contributed by atoms with Crippen LogP contribution < -0.4 is 19.7 Å². The molecule has 156 valence electrons. The number of hydrogen-bond acceptors (Lipinski definition) is 5. The van der Waals surface area contributed by atoms with E-state index in [9.17, 15) is 4.79 Å². The van der Waals surface area contributed by atoms with E-state index in [-0.39, 0.29) is 12.0 Å². The molecule has 0 atom stereocenters. The van der Waals surface area contributed by atoms with E-state index in [1.165, 1.54) is 5.69 Å². The monoisotopic (exact) mass is 397 g/mol. The Morgan fingerprint density at radius 1 is 1.03 bits per heavy atom. The standard InChI is InChI=1S/C23H31N3O3/c1-5-25-12-14-26(15-13-25)20-9-7-19(8-10-20)24-23(27)18-6-11-21(29-17(2)3)22(16-18)28-4/h6-11,16-17H,5,12-15H2,1-4H3,(H,24,27). The quantitative estimate of drug-likeness (QED) is 0.769. The Kier molecular flexibility index (Phi) is 6.99. The van der Waals surface area contributed by atoms with E-state index in [2.05, 4.69) is 34.2 Å². The van der Waals surface area contributed by atoms with Crippen LogP contribution in [0.15, 0.2) is 42.5 Å². The fourth-order valence-corrected chi connectivity index (χ4v) is 3.44. The third-order valence-corrected chi connectivity index (χ3v) is 5.10. The van der Waals surface area contributed by atoms with Crippen LogP contribution in [0.5, 0.6) is 11.5 Å². The van der Waals surface area contributed by atoms with Gasteiger partial charge in [0.1, 0.15) is 0 Å². The maximum absolute atomic E-state index is 12.6. The molecule has 6 nitrogen and oxygen atoms in total. The highest BCUT2D eigenvalue weighted by molar-refractivity contribution is 6.04. The first kappa shape index (κ1) is 21.0. The van der Waals surface area contributed by atoms with Gasteiger partial charge in [0.25, 0.3) is 5.91 Å². The first-order valence-corrected chi connectivity index (χ1v) is 10.2. The van der Waals surface area contributed by atoms with Crippen LogP contribution in [0.4, 0.5) is 11.4 Å². The van der Waals surface area contributed by atoms with E-state index in [1.54, 1.807) is 25.3 Å². The maximum Gasteiger partial charge on any atom is 0.255 e. The molecule has 0 bridgehead atoms. The number of methoxy groups -OCH3 is 1. The molecule has 1 saturated heterocycles. The molecule has 1 aliphatic heterocycles. The van der Waals surface area contributed by atoms with Gasteiger partial charge < -0.3 is 24.6 Å². The number of carbonyl (C=O) groups is 1. The lowest BCUT2D eigenvalue weighted by atomic mass is 10.1. The number of piperazine rings is 1. The summed E-state index contributed by atoms with van der Waals surface area (Å²) in [6.07, 6.45) is 0.0343. The van der Waals surface area contributed by atoms with E-state index in [0.29, 0.717) is 17.1 Å². The van der Waals surface area contributed by atoms with Gasteiger partial charge in [-0.1, -0.05) is 6.92 Å². The van der Waals surface area contributed by atoms with Gasteiger partial charge in [-0.15, -0.1) is 0 Å². The van der Waals surface area contributed by atoms with Crippen molar-refractivity contribution in [1.29, 1.82) is 0 Å². The summed E-state index contributed by atoms with van der Waals surface area (Å²) in [5, 5.41) is 2.95. The molecule has 1 heterocycles. The molecule has 1 aliphatic rings. The zero-order chi connectivity index (χ0) is 20.8. The van der Waals surface area contributed by atoms with Crippen molar-refractivity contribution in [2.45, 2.75) is 26.9 Å². The second-order valence-electron chi connectivity index (χ2n) is 7.45. The number of amides is 1. The molecule has 0 saturated carbocycles. The second-order valence-corrected chi connectivity index (χ2v) is 7.45. The summed E-state index contributed by atoms with van der Waals surface area (Å²) in [6.45, 7) is 11.5. The van der Waals surface area contributed by atoms with Crippen LogP contribution in [0.1, 0.15) is 31.1 Å². The number of benzene rings is 2. The van der Waals surface area contributed by atoms with Crippen molar-refractivity contribution < 1.29 is 14.3 Å². The normalized spacial score (nSPS) is 14.7. The highest BCUT2D eigenvalue weighted by atomic mass is 16.5. The number of rotatable bonds is 7. The molecule has 1 amide bonds. The lowest BCUT2D eigenvalue weighted by molar-refractivity contribution is 0.102. The molecule has 0 radical (unpaired) electrons. The van der Waals surface area contributed by atoms with Crippen molar-refractivity contribution in [2.24, 2.45) is 0 Å². The SMILES string of the molecule is CCN1CCN(c2ccc(NC(=O)c3ccc(OC(C)C)c(OC)c3)cc2)CC1. The number of nitrogens with one attached hydrogen (secondary N) is 1. The number of ether oxygens (including phenoxy) is 2. The number of likely N-dealkylation sites (N-methyl/N-ethyl adjacent to an activating group) is 1. The average Bonchev–Trinajstić information content (AvgIpc) is 2.74. The number of nitrogens with zero attached hydrogens (tertiary/aromatic N) is 2. The van der Waals surface area contributed by atoms with Crippen molar-refractivity contribution in [1.82, 2.24) is 4.90 Å². The molecule has 1 fully saturated rings. The Morgan fingerprint density at radius 3 is 2.31 bits per heavy atom. The van der Waals surface area contributed by atoms with Gasteiger partial charge in [-0.05, 0) is 62.9 Å². The molecule has 0 aliphatic carbocycles. The molecule has 0 spiro atoms. The first-order chi connectivity index (χ1) is 14.0. The van der Waals surface area contributed by atoms with E-state index in [4.69, 9.17) is 9.47 Å². The predicted molar refractivity (Wildman–Crippen MR) is 117 cm³/mol. The van der Waals surface area contributed by atoms with Gasteiger partial charge in [-0.3, -0.25) is 4.79 Å². The molecule has 6 heteroatoms. The Morgan fingerprint density at radius 2 is 1.72 bits per heavy atom. The van der Waals surface area contributed by atoms with Crippen molar-refractivity contribution in [3.05, 3.63) is 48.0 Å². The Hall–Kier alpha value is -2.73. The molecule has 29 heavy (non-hydrogen) atoms. The maximum atomic E-state index is 12.6. The van der Waals surface area contributed by atoms with Gasteiger partial charge in [-0.2, -0.15) is 0 Å². The van der Waals surface area contributed by atoms with Crippen molar-refractivity contribution >= 4 is 17.3 Å². The second kappa shape index (κ2) is 9.65. The highest BCUT2D eigenvalue weighted by Gasteiger charge is 2.16. The average molecular weight is 398 g/mol. The van der Waals surface area contributed by atoms with Crippen LogP contribution >= 0.6 is 0 Å². The van der Waals surface area contributed by atoms with Gasteiger partial charge in [-0.25, -0.2) is 0 Å². The fourth-order valence-electron chi connectivity index (χ4n) is 3.44. The van der Waals surface area contributed by atoms with Gasteiger partial charge in [0.05, 0.1) is 13.2 Å². The third-order valence-electron chi connectivity index (χ3n) is 5.10. The topological polar surface area (TPSA) is 54.0 Å². The smallest absolute Gasteiger partial charge is 0.255 e.